The number of aliphatic hydroxyl groups excluding tert-OH is 1. The van der Waals surface area contributed by atoms with Crippen LogP contribution in [-0.4, -0.2) is 24.9 Å². The maximum absolute atomic E-state index is 9.59. The van der Waals surface area contributed by atoms with Crippen molar-refractivity contribution in [2.24, 2.45) is 5.41 Å². The zero-order valence-corrected chi connectivity index (χ0v) is 12.4. The largest absolute Gasteiger partial charge is 0.491 e. The van der Waals surface area contributed by atoms with Crippen LogP contribution in [0.3, 0.4) is 0 Å². The van der Waals surface area contributed by atoms with Crippen molar-refractivity contribution >= 4 is 5.69 Å². The molecule has 0 saturated heterocycles. The van der Waals surface area contributed by atoms with Crippen LogP contribution in [0.2, 0.25) is 0 Å². The Morgan fingerprint density at radius 1 is 1.16 bits per heavy atom. The topological polar surface area (TPSA) is 41.5 Å². The Kier molecular flexibility index (Phi) is 6.71. The third kappa shape index (κ3) is 4.43. The standard InChI is InChI=1S/C16H27NO2/c1-4-11-19-15-10-8-7-9-14(15)17-12-16(5-2,6-3)13-18/h7-10,17-18H,4-6,11-13H2,1-3H3. The molecular weight excluding hydrogens is 238 g/mol. The Hall–Kier alpha value is -1.22. The van der Waals surface area contributed by atoms with Crippen LogP contribution in [0.1, 0.15) is 40.0 Å². The van der Waals surface area contributed by atoms with E-state index in [0.717, 1.165) is 43.9 Å². The van der Waals surface area contributed by atoms with Crippen molar-refractivity contribution in [3.63, 3.8) is 0 Å². The van der Waals surface area contributed by atoms with Gasteiger partial charge >= 0.3 is 0 Å². The van der Waals surface area contributed by atoms with E-state index < -0.39 is 0 Å². The van der Waals surface area contributed by atoms with Gasteiger partial charge < -0.3 is 15.2 Å². The van der Waals surface area contributed by atoms with Crippen molar-refractivity contribution in [3.8, 4) is 5.75 Å². The molecule has 0 aromatic heterocycles. The fraction of sp³-hybridized carbons (Fsp3) is 0.625. The van der Waals surface area contributed by atoms with E-state index in [1.165, 1.54) is 0 Å². The molecule has 0 amide bonds. The van der Waals surface area contributed by atoms with Crippen LogP contribution in [0.15, 0.2) is 24.3 Å². The third-order valence-corrected chi connectivity index (χ3v) is 3.84. The molecule has 108 valence electrons. The van der Waals surface area contributed by atoms with Crippen LogP contribution in [0.25, 0.3) is 0 Å². The molecule has 0 fully saturated rings. The summed E-state index contributed by atoms with van der Waals surface area (Å²) in [5, 5.41) is 13.0. The molecule has 0 heterocycles. The second-order valence-electron chi connectivity index (χ2n) is 5.06. The molecule has 0 radical (unpaired) electrons. The summed E-state index contributed by atoms with van der Waals surface area (Å²) >= 11 is 0. The number of para-hydroxylation sites is 2. The minimum Gasteiger partial charge on any atom is -0.491 e. The molecule has 1 aromatic carbocycles. The summed E-state index contributed by atoms with van der Waals surface area (Å²) in [4.78, 5) is 0. The second-order valence-corrected chi connectivity index (χ2v) is 5.06. The van der Waals surface area contributed by atoms with Crippen LogP contribution in [0.5, 0.6) is 5.75 Å². The van der Waals surface area contributed by atoms with Crippen molar-refractivity contribution in [1.82, 2.24) is 0 Å². The predicted molar refractivity (Wildman–Crippen MR) is 80.8 cm³/mol. The number of benzene rings is 1. The van der Waals surface area contributed by atoms with E-state index in [2.05, 4.69) is 26.1 Å². The Morgan fingerprint density at radius 2 is 1.84 bits per heavy atom. The summed E-state index contributed by atoms with van der Waals surface area (Å²) in [6.45, 7) is 8.06. The molecule has 0 bridgehead atoms. The van der Waals surface area contributed by atoms with E-state index in [0.29, 0.717) is 0 Å². The van der Waals surface area contributed by atoms with Gasteiger partial charge in [0.2, 0.25) is 0 Å². The lowest BCUT2D eigenvalue weighted by Crippen LogP contribution is -2.32. The number of rotatable bonds is 9. The van der Waals surface area contributed by atoms with Crippen LogP contribution in [-0.2, 0) is 0 Å². The van der Waals surface area contributed by atoms with Crippen LogP contribution in [0, 0.1) is 5.41 Å². The highest BCUT2D eigenvalue weighted by molar-refractivity contribution is 5.56. The van der Waals surface area contributed by atoms with Crippen molar-refractivity contribution < 1.29 is 9.84 Å². The highest BCUT2D eigenvalue weighted by Crippen LogP contribution is 2.29. The van der Waals surface area contributed by atoms with E-state index >= 15 is 0 Å². The highest BCUT2D eigenvalue weighted by atomic mass is 16.5. The smallest absolute Gasteiger partial charge is 0.142 e. The van der Waals surface area contributed by atoms with Gasteiger partial charge in [-0.25, -0.2) is 0 Å². The highest BCUT2D eigenvalue weighted by Gasteiger charge is 2.25. The first-order valence-corrected chi connectivity index (χ1v) is 7.28. The monoisotopic (exact) mass is 265 g/mol. The molecule has 3 nitrogen and oxygen atoms in total. The maximum atomic E-state index is 9.59. The minimum atomic E-state index is -0.0438. The lowest BCUT2D eigenvalue weighted by Gasteiger charge is -2.30. The Balaban J connectivity index is 2.71. The van der Waals surface area contributed by atoms with Crippen LogP contribution in [0.4, 0.5) is 5.69 Å². The average Bonchev–Trinajstić information content (AvgIpc) is 2.48. The number of ether oxygens (including phenoxy) is 1. The zero-order chi connectivity index (χ0) is 14.1. The van der Waals surface area contributed by atoms with E-state index in [-0.39, 0.29) is 12.0 Å². The van der Waals surface area contributed by atoms with Gasteiger partial charge in [0.25, 0.3) is 0 Å². The first-order valence-electron chi connectivity index (χ1n) is 7.28. The SMILES string of the molecule is CCCOc1ccccc1NCC(CC)(CC)CO. The summed E-state index contributed by atoms with van der Waals surface area (Å²) in [5.74, 6) is 0.892. The quantitative estimate of drug-likeness (QED) is 0.715. The first kappa shape index (κ1) is 15.8. The summed E-state index contributed by atoms with van der Waals surface area (Å²) < 4.78 is 5.73. The normalized spacial score (nSPS) is 11.4. The molecule has 0 atom stereocenters. The molecule has 0 spiro atoms. The molecule has 0 unspecified atom stereocenters. The number of aliphatic hydroxyl groups is 1. The van der Waals surface area contributed by atoms with Crippen LogP contribution >= 0.6 is 0 Å². The van der Waals surface area contributed by atoms with Gasteiger partial charge in [-0.15, -0.1) is 0 Å². The Labute approximate surface area is 117 Å². The molecule has 2 N–H and O–H groups in total. The lowest BCUT2D eigenvalue weighted by atomic mass is 9.83. The molecule has 0 aliphatic heterocycles. The fourth-order valence-corrected chi connectivity index (χ4v) is 2.01. The molecule has 0 saturated carbocycles. The number of nitrogens with one attached hydrogen (secondary N) is 1. The summed E-state index contributed by atoms with van der Waals surface area (Å²) in [7, 11) is 0. The van der Waals surface area contributed by atoms with Gasteiger partial charge in [0.15, 0.2) is 0 Å². The van der Waals surface area contributed by atoms with Crippen molar-refractivity contribution in [2.45, 2.75) is 40.0 Å². The van der Waals surface area contributed by atoms with Gasteiger partial charge in [0.05, 0.1) is 18.9 Å². The number of anilines is 1. The molecule has 3 heteroatoms. The number of hydrogen-bond acceptors (Lipinski definition) is 3. The van der Waals surface area contributed by atoms with Gasteiger partial charge in [-0.1, -0.05) is 32.9 Å². The summed E-state index contributed by atoms with van der Waals surface area (Å²) in [5.41, 5.74) is 0.966. The van der Waals surface area contributed by atoms with E-state index in [4.69, 9.17) is 4.74 Å². The Bertz CT molecular complexity index is 353. The minimum absolute atomic E-state index is 0.0438. The summed E-state index contributed by atoms with van der Waals surface area (Å²) in [6.07, 6.45) is 2.93. The zero-order valence-electron chi connectivity index (χ0n) is 12.4. The molecule has 1 rings (SSSR count). The van der Waals surface area contributed by atoms with Gasteiger partial charge in [-0.05, 0) is 31.4 Å². The maximum Gasteiger partial charge on any atom is 0.142 e. The van der Waals surface area contributed by atoms with Crippen molar-refractivity contribution in [3.05, 3.63) is 24.3 Å². The molecule has 0 aliphatic rings. The summed E-state index contributed by atoms with van der Waals surface area (Å²) in [6, 6.07) is 7.99. The fourth-order valence-electron chi connectivity index (χ4n) is 2.01. The molecular formula is C16H27NO2. The second kappa shape index (κ2) is 8.05. The average molecular weight is 265 g/mol. The van der Waals surface area contributed by atoms with Gasteiger partial charge in [0.1, 0.15) is 5.75 Å². The van der Waals surface area contributed by atoms with Crippen molar-refractivity contribution in [1.29, 1.82) is 0 Å². The number of hydrogen-bond donors (Lipinski definition) is 2. The lowest BCUT2D eigenvalue weighted by molar-refractivity contribution is 0.127. The third-order valence-electron chi connectivity index (χ3n) is 3.84. The van der Waals surface area contributed by atoms with Gasteiger partial charge in [-0.2, -0.15) is 0 Å². The van der Waals surface area contributed by atoms with E-state index in [1.54, 1.807) is 0 Å². The molecule has 1 aromatic rings. The van der Waals surface area contributed by atoms with Gasteiger partial charge in [0, 0.05) is 12.0 Å². The molecule has 19 heavy (non-hydrogen) atoms. The van der Waals surface area contributed by atoms with E-state index in [9.17, 15) is 5.11 Å². The predicted octanol–water partition coefficient (Wildman–Crippen LogP) is 3.69. The first-order chi connectivity index (χ1) is 9.21. The Morgan fingerprint density at radius 3 is 2.42 bits per heavy atom. The molecule has 0 aliphatic carbocycles. The van der Waals surface area contributed by atoms with Crippen LogP contribution < -0.4 is 10.1 Å². The van der Waals surface area contributed by atoms with E-state index in [1.807, 2.05) is 24.3 Å². The van der Waals surface area contributed by atoms with Crippen molar-refractivity contribution in [2.75, 3.05) is 25.1 Å². The van der Waals surface area contributed by atoms with Gasteiger partial charge in [-0.3, -0.25) is 0 Å².